The number of rotatable bonds is 8. The highest BCUT2D eigenvalue weighted by Crippen LogP contribution is 2.30. The van der Waals surface area contributed by atoms with E-state index in [9.17, 15) is 9.59 Å². The first-order valence-electron chi connectivity index (χ1n) is 7.03. The van der Waals surface area contributed by atoms with Crippen LogP contribution in [0.5, 0.6) is 0 Å². The lowest BCUT2D eigenvalue weighted by molar-refractivity contribution is -0.113. The summed E-state index contributed by atoms with van der Waals surface area (Å²) in [5.74, 6) is -0.232. The maximum absolute atomic E-state index is 12.1. The highest BCUT2D eigenvalue weighted by atomic mass is 35.5. The van der Waals surface area contributed by atoms with Crippen molar-refractivity contribution in [1.29, 1.82) is 0 Å². The van der Waals surface area contributed by atoms with Crippen LogP contribution in [-0.4, -0.2) is 40.1 Å². The number of para-hydroxylation sites is 1. The Morgan fingerprint density at radius 1 is 1.42 bits per heavy atom. The molecule has 1 amide bonds. The summed E-state index contributed by atoms with van der Waals surface area (Å²) in [6.45, 7) is 0.997. The third-order valence-electron chi connectivity index (χ3n) is 3.01. The SMILES string of the molecule is COCCCn1c(SCC(=O)Nc2c(Cl)cccc2Cl)n[nH]c1=O. The van der Waals surface area contributed by atoms with Crippen LogP contribution in [0.4, 0.5) is 5.69 Å². The molecule has 0 unspecified atom stereocenters. The molecule has 0 aliphatic rings. The molecule has 0 saturated heterocycles. The molecule has 0 spiro atoms. The van der Waals surface area contributed by atoms with Gasteiger partial charge in [0.2, 0.25) is 5.91 Å². The molecule has 0 radical (unpaired) electrons. The summed E-state index contributed by atoms with van der Waals surface area (Å²) in [6.07, 6.45) is 0.672. The molecule has 0 aliphatic carbocycles. The zero-order chi connectivity index (χ0) is 17.5. The summed E-state index contributed by atoms with van der Waals surface area (Å²) < 4.78 is 6.44. The third-order valence-corrected chi connectivity index (χ3v) is 4.62. The summed E-state index contributed by atoms with van der Waals surface area (Å²) in [5, 5.41) is 10.1. The Bertz CT molecular complexity index is 742. The lowest BCUT2D eigenvalue weighted by Gasteiger charge is -2.09. The molecule has 130 valence electrons. The molecule has 0 atom stereocenters. The second kappa shape index (κ2) is 9.12. The van der Waals surface area contributed by atoms with Crippen molar-refractivity contribution in [1.82, 2.24) is 14.8 Å². The van der Waals surface area contributed by atoms with E-state index in [0.29, 0.717) is 40.5 Å². The number of carbonyl (C=O) groups is 1. The Kier molecular flexibility index (Phi) is 7.16. The van der Waals surface area contributed by atoms with Gasteiger partial charge in [-0.1, -0.05) is 41.0 Å². The van der Waals surface area contributed by atoms with Gasteiger partial charge in [0.15, 0.2) is 5.16 Å². The number of H-pyrrole nitrogens is 1. The Hall–Kier alpha value is -1.48. The summed E-state index contributed by atoms with van der Waals surface area (Å²) in [6, 6.07) is 4.96. The van der Waals surface area contributed by atoms with Crippen LogP contribution < -0.4 is 11.0 Å². The normalized spacial score (nSPS) is 10.8. The van der Waals surface area contributed by atoms with Gasteiger partial charge in [0.25, 0.3) is 0 Å². The second-order valence-corrected chi connectivity index (χ2v) is 6.50. The van der Waals surface area contributed by atoms with E-state index in [1.165, 1.54) is 4.57 Å². The minimum absolute atomic E-state index is 0.0656. The lowest BCUT2D eigenvalue weighted by Crippen LogP contribution is -2.19. The average Bonchev–Trinajstić information content (AvgIpc) is 2.90. The summed E-state index contributed by atoms with van der Waals surface area (Å²) >= 11 is 13.2. The summed E-state index contributed by atoms with van der Waals surface area (Å²) in [7, 11) is 1.60. The van der Waals surface area contributed by atoms with Crippen molar-refractivity contribution in [3.63, 3.8) is 0 Å². The fraction of sp³-hybridized carbons (Fsp3) is 0.357. The number of anilines is 1. The number of nitrogens with zero attached hydrogens (tertiary/aromatic N) is 2. The highest BCUT2D eigenvalue weighted by molar-refractivity contribution is 7.99. The number of methoxy groups -OCH3 is 1. The van der Waals surface area contributed by atoms with E-state index in [4.69, 9.17) is 27.9 Å². The molecule has 0 fully saturated rings. The van der Waals surface area contributed by atoms with Crippen LogP contribution in [0.1, 0.15) is 6.42 Å². The van der Waals surface area contributed by atoms with Crippen LogP contribution in [0, 0.1) is 0 Å². The first-order valence-corrected chi connectivity index (χ1v) is 8.78. The van der Waals surface area contributed by atoms with Crippen LogP contribution in [0.15, 0.2) is 28.2 Å². The van der Waals surface area contributed by atoms with Crippen molar-refractivity contribution in [3.05, 3.63) is 38.7 Å². The average molecular weight is 391 g/mol. The number of hydrogen-bond acceptors (Lipinski definition) is 5. The van der Waals surface area contributed by atoms with Crippen LogP contribution in [-0.2, 0) is 16.1 Å². The zero-order valence-corrected chi connectivity index (χ0v) is 15.2. The van der Waals surface area contributed by atoms with Crippen LogP contribution >= 0.6 is 35.0 Å². The first kappa shape index (κ1) is 18.9. The Balaban J connectivity index is 1.96. The van der Waals surface area contributed by atoms with Gasteiger partial charge in [0.05, 0.1) is 21.5 Å². The van der Waals surface area contributed by atoms with Gasteiger partial charge in [-0.25, -0.2) is 9.89 Å². The minimum atomic E-state index is -0.317. The van der Waals surface area contributed by atoms with E-state index in [2.05, 4.69) is 15.5 Å². The molecule has 2 N–H and O–H groups in total. The standard InChI is InChI=1S/C14H16Cl2N4O3S/c1-23-7-3-6-20-13(22)18-19-14(20)24-8-11(21)17-12-9(15)4-2-5-10(12)16/h2,4-5H,3,6-8H2,1H3,(H,17,21)(H,18,22). The number of carbonyl (C=O) groups excluding carboxylic acids is 1. The number of ether oxygens (including phenoxy) is 1. The molecule has 0 aliphatic heterocycles. The van der Waals surface area contributed by atoms with Crippen molar-refractivity contribution in [3.8, 4) is 0 Å². The van der Waals surface area contributed by atoms with Gasteiger partial charge >= 0.3 is 5.69 Å². The molecule has 0 saturated carbocycles. The zero-order valence-electron chi connectivity index (χ0n) is 12.8. The number of thioether (sulfide) groups is 1. The number of benzene rings is 1. The second-order valence-electron chi connectivity index (χ2n) is 4.74. The molecular formula is C14H16Cl2N4O3S. The number of hydrogen-bond donors (Lipinski definition) is 2. The van der Waals surface area contributed by atoms with Crippen molar-refractivity contribution >= 4 is 46.6 Å². The third kappa shape index (κ3) is 5.01. The van der Waals surface area contributed by atoms with E-state index >= 15 is 0 Å². The molecular weight excluding hydrogens is 375 g/mol. The van der Waals surface area contributed by atoms with Crippen LogP contribution in [0.3, 0.4) is 0 Å². The predicted octanol–water partition coefficient (Wildman–Crippen LogP) is 2.65. The predicted molar refractivity (Wildman–Crippen MR) is 95.2 cm³/mol. The van der Waals surface area contributed by atoms with E-state index in [1.54, 1.807) is 25.3 Å². The van der Waals surface area contributed by atoms with E-state index in [1.807, 2.05) is 0 Å². The molecule has 1 aromatic carbocycles. The minimum Gasteiger partial charge on any atom is -0.385 e. The number of halogens is 2. The maximum atomic E-state index is 12.1. The summed E-state index contributed by atoms with van der Waals surface area (Å²) in [4.78, 5) is 23.8. The van der Waals surface area contributed by atoms with Gasteiger partial charge in [-0.3, -0.25) is 9.36 Å². The Morgan fingerprint density at radius 2 is 2.12 bits per heavy atom. The van der Waals surface area contributed by atoms with Crippen molar-refractivity contribution < 1.29 is 9.53 Å². The van der Waals surface area contributed by atoms with Gasteiger partial charge in [-0.15, -0.1) is 5.10 Å². The smallest absolute Gasteiger partial charge is 0.343 e. The van der Waals surface area contributed by atoms with E-state index in [-0.39, 0.29) is 17.3 Å². The van der Waals surface area contributed by atoms with Crippen molar-refractivity contribution in [2.24, 2.45) is 0 Å². The fourth-order valence-electron chi connectivity index (χ4n) is 1.90. The first-order chi connectivity index (χ1) is 11.5. The fourth-order valence-corrected chi connectivity index (χ4v) is 3.16. The number of nitrogens with one attached hydrogen (secondary N) is 2. The van der Waals surface area contributed by atoms with E-state index in [0.717, 1.165) is 11.8 Å². The molecule has 0 bridgehead atoms. The number of aromatic amines is 1. The maximum Gasteiger partial charge on any atom is 0.343 e. The van der Waals surface area contributed by atoms with E-state index < -0.39 is 0 Å². The van der Waals surface area contributed by atoms with Gasteiger partial charge < -0.3 is 10.1 Å². The molecule has 7 nitrogen and oxygen atoms in total. The molecule has 1 heterocycles. The number of amides is 1. The highest BCUT2D eigenvalue weighted by Gasteiger charge is 2.13. The molecule has 2 aromatic rings. The van der Waals surface area contributed by atoms with Gasteiger partial charge in [0, 0.05) is 20.3 Å². The lowest BCUT2D eigenvalue weighted by atomic mass is 10.3. The van der Waals surface area contributed by atoms with Gasteiger partial charge in [-0.2, -0.15) is 0 Å². The quantitative estimate of drug-likeness (QED) is 0.534. The van der Waals surface area contributed by atoms with Crippen molar-refractivity contribution in [2.75, 3.05) is 24.8 Å². The van der Waals surface area contributed by atoms with Crippen LogP contribution in [0.25, 0.3) is 0 Å². The Morgan fingerprint density at radius 3 is 2.79 bits per heavy atom. The molecule has 10 heteroatoms. The largest absolute Gasteiger partial charge is 0.385 e. The molecule has 1 aromatic heterocycles. The summed E-state index contributed by atoms with van der Waals surface area (Å²) in [5.41, 5.74) is 0.0501. The topological polar surface area (TPSA) is 89.0 Å². The molecule has 2 rings (SSSR count). The van der Waals surface area contributed by atoms with Crippen molar-refractivity contribution in [2.45, 2.75) is 18.1 Å². The van der Waals surface area contributed by atoms with Gasteiger partial charge in [0.1, 0.15) is 0 Å². The number of aromatic nitrogens is 3. The van der Waals surface area contributed by atoms with Crippen LogP contribution in [0.2, 0.25) is 10.0 Å². The van der Waals surface area contributed by atoms with Gasteiger partial charge in [-0.05, 0) is 18.6 Å². The molecule has 24 heavy (non-hydrogen) atoms. The monoisotopic (exact) mass is 390 g/mol. The Labute approximate surface area is 152 Å².